The Bertz CT molecular complexity index is 921. The molecular formula is C18H17ClN4O2. The number of aromatic nitrogens is 3. The third kappa shape index (κ3) is 3.70. The zero-order chi connectivity index (χ0) is 18.0. The lowest BCUT2D eigenvalue weighted by atomic mass is 10.1. The van der Waals surface area contributed by atoms with Gasteiger partial charge in [0.05, 0.1) is 17.5 Å². The van der Waals surface area contributed by atoms with E-state index in [1.54, 1.807) is 61.0 Å². The largest absolute Gasteiger partial charge is 0.389 e. The number of anilines is 1. The lowest BCUT2D eigenvalue weighted by molar-refractivity contribution is 0.102. The summed E-state index contributed by atoms with van der Waals surface area (Å²) >= 11 is 6.00. The summed E-state index contributed by atoms with van der Waals surface area (Å²) in [4.78, 5) is 12.5. The average Bonchev–Trinajstić information content (AvgIpc) is 2.96. The maximum atomic E-state index is 12.5. The van der Waals surface area contributed by atoms with Gasteiger partial charge in [0.15, 0.2) is 5.69 Å². The van der Waals surface area contributed by atoms with E-state index in [9.17, 15) is 9.90 Å². The third-order valence-corrected chi connectivity index (χ3v) is 4.02. The van der Waals surface area contributed by atoms with Crippen LogP contribution in [0.4, 0.5) is 5.69 Å². The van der Waals surface area contributed by atoms with Gasteiger partial charge < -0.3 is 10.4 Å². The highest BCUT2D eigenvalue weighted by atomic mass is 35.5. The van der Waals surface area contributed by atoms with Crippen molar-refractivity contribution in [3.63, 3.8) is 0 Å². The minimum Gasteiger partial charge on any atom is -0.389 e. The van der Waals surface area contributed by atoms with Gasteiger partial charge in [-0.25, -0.2) is 4.68 Å². The molecular weight excluding hydrogens is 340 g/mol. The zero-order valence-corrected chi connectivity index (χ0v) is 14.5. The summed E-state index contributed by atoms with van der Waals surface area (Å²) < 4.78 is 1.56. The molecule has 3 aromatic rings. The predicted molar refractivity (Wildman–Crippen MR) is 96.1 cm³/mol. The Morgan fingerprint density at radius 2 is 2.00 bits per heavy atom. The van der Waals surface area contributed by atoms with Crippen LogP contribution in [0.1, 0.15) is 34.8 Å². The first-order chi connectivity index (χ1) is 12.0. The number of amides is 1. The number of nitrogens with zero attached hydrogens (tertiary/aromatic N) is 3. The second kappa shape index (κ2) is 7.04. The van der Waals surface area contributed by atoms with Crippen molar-refractivity contribution in [2.45, 2.75) is 20.0 Å². The summed E-state index contributed by atoms with van der Waals surface area (Å²) in [7, 11) is 0. The maximum absolute atomic E-state index is 12.5. The number of rotatable bonds is 4. The molecule has 1 heterocycles. The van der Waals surface area contributed by atoms with Gasteiger partial charge in [-0.05, 0) is 49.7 Å². The minimum atomic E-state index is -0.609. The Labute approximate surface area is 150 Å². The maximum Gasteiger partial charge on any atom is 0.278 e. The summed E-state index contributed by atoms with van der Waals surface area (Å²) in [6.45, 7) is 3.43. The Kier molecular flexibility index (Phi) is 4.83. The van der Waals surface area contributed by atoms with Gasteiger partial charge in [0.2, 0.25) is 0 Å². The average molecular weight is 357 g/mol. The van der Waals surface area contributed by atoms with Gasteiger partial charge in [-0.2, -0.15) is 0 Å². The molecule has 0 aliphatic heterocycles. The molecule has 0 aliphatic rings. The van der Waals surface area contributed by atoms with Gasteiger partial charge in [-0.3, -0.25) is 4.79 Å². The summed E-state index contributed by atoms with van der Waals surface area (Å²) in [5, 5.41) is 21.0. The van der Waals surface area contributed by atoms with Crippen LogP contribution in [-0.2, 0) is 0 Å². The molecule has 0 aliphatic carbocycles. The first-order valence-corrected chi connectivity index (χ1v) is 8.11. The van der Waals surface area contributed by atoms with Crippen molar-refractivity contribution < 1.29 is 9.90 Å². The van der Waals surface area contributed by atoms with E-state index < -0.39 is 6.10 Å². The summed E-state index contributed by atoms with van der Waals surface area (Å²) in [5.41, 5.74) is 2.86. The molecule has 2 N–H and O–H groups in total. The van der Waals surface area contributed by atoms with Crippen LogP contribution in [0.15, 0.2) is 48.5 Å². The number of benzene rings is 2. The van der Waals surface area contributed by atoms with E-state index >= 15 is 0 Å². The van der Waals surface area contributed by atoms with Crippen LogP contribution in [0.5, 0.6) is 0 Å². The van der Waals surface area contributed by atoms with Crippen LogP contribution < -0.4 is 5.32 Å². The molecule has 0 fully saturated rings. The van der Waals surface area contributed by atoms with Gasteiger partial charge in [-0.15, -0.1) is 5.10 Å². The van der Waals surface area contributed by atoms with Crippen molar-refractivity contribution in [2.24, 2.45) is 0 Å². The first kappa shape index (κ1) is 17.1. The van der Waals surface area contributed by atoms with E-state index in [0.29, 0.717) is 16.4 Å². The quantitative estimate of drug-likeness (QED) is 0.749. The van der Waals surface area contributed by atoms with Crippen molar-refractivity contribution in [3.8, 4) is 5.69 Å². The molecule has 0 radical (unpaired) electrons. The van der Waals surface area contributed by atoms with Gasteiger partial charge in [0, 0.05) is 10.7 Å². The van der Waals surface area contributed by atoms with E-state index in [0.717, 1.165) is 11.3 Å². The van der Waals surface area contributed by atoms with Crippen molar-refractivity contribution in [1.29, 1.82) is 0 Å². The first-order valence-electron chi connectivity index (χ1n) is 7.73. The number of nitrogens with one attached hydrogen (secondary N) is 1. The molecule has 1 amide bonds. The fourth-order valence-electron chi connectivity index (χ4n) is 2.46. The highest BCUT2D eigenvalue weighted by molar-refractivity contribution is 6.30. The van der Waals surface area contributed by atoms with Crippen LogP contribution in [0, 0.1) is 6.92 Å². The van der Waals surface area contributed by atoms with E-state index in [1.807, 2.05) is 6.07 Å². The van der Waals surface area contributed by atoms with E-state index in [-0.39, 0.29) is 11.6 Å². The second-order valence-corrected chi connectivity index (χ2v) is 6.11. The SMILES string of the molecule is Cc1c(C(=O)Nc2cccc(C(C)O)c2)nnn1-c1cccc(Cl)c1. The van der Waals surface area contributed by atoms with Gasteiger partial charge in [0.25, 0.3) is 5.91 Å². The molecule has 25 heavy (non-hydrogen) atoms. The van der Waals surface area contributed by atoms with E-state index in [1.165, 1.54) is 0 Å². The lowest BCUT2D eigenvalue weighted by Gasteiger charge is -2.08. The number of aliphatic hydroxyl groups is 1. The van der Waals surface area contributed by atoms with Gasteiger partial charge in [-0.1, -0.05) is 35.0 Å². The molecule has 3 rings (SSSR count). The van der Waals surface area contributed by atoms with Crippen molar-refractivity contribution in [3.05, 3.63) is 70.5 Å². The number of hydrogen-bond acceptors (Lipinski definition) is 4. The molecule has 1 unspecified atom stereocenters. The summed E-state index contributed by atoms with van der Waals surface area (Å²) in [6, 6.07) is 14.2. The van der Waals surface area contributed by atoms with E-state index in [2.05, 4.69) is 15.6 Å². The van der Waals surface area contributed by atoms with Crippen molar-refractivity contribution in [1.82, 2.24) is 15.0 Å². The Morgan fingerprint density at radius 1 is 1.24 bits per heavy atom. The van der Waals surface area contributed by atoms with Crippen molar-refractivity contribution in [2.75, 3.05) is 5.32 Å². The monoisotopic (exact) mass is 356 g/mol. The normalized spacial score (nSPS) is 12.0. The number of carbonyl (C=O) groups is 1. The number of halogens is 1. The van der Waals surface area contributed by atoms with Gasteiger partial charge in [0.1, 0.15) is 0 Å². The molecule has 0 bridgehead atoms. The number of aliphatic hydroxyl groups excluding tert-OH is 1. The molecule has 0 saturated carbocycles. The highest BCUT2D eigenvalue weighted by Gasteiger charge is 2.18. The predicted octanol–water partition coefficient (Wildman–Crippen LogP) is 3.53. The second-order valence-electron chi connectivity index (χ2n) is 5.67. The Morgan fingerprint density at radius 3 is 2.72 bits per heavy atom. The molecule has 2 aromatic carbocycles. The molecule has 1 aromatic heterocycles. The van der Waals surface area contributed by atoms with Crippen LogP contribution in [-0.4, -0.2) is 26.0 Å². The topological polar surface area (TPSA) is 80.0 Å². The molecule has 1 atom stereocenters. The molecule has 7 heteroatoms. The van der Waals surface area contributed by atoms with Gasteiger partial charge >= 0.3 is 0 Å². The minimum absolute atomic E-state index is 0.224. The Hall–Kier alpha value is -2.70. The molecule has 0 spiro atoms. The van der Waals surface area contributed by atoms with Crippen LogP contribution >= 0.6 is 11.6 Å². The number of hydrogen-bond donors (Lipinski definition) is 2. The number of carbonyl (C=O) groups excluding carboxylic acids is 1. The van der Waals surface area contributed by atoms with Crippen LogP contribution in [0.25, 0.3) is 5.69 Å². The molecule has 6 nitrogen and oxygen atoms in total. The third-order valence-electron chi connectivity index (χ3n) is 3.79. The lowest BCUT2D eigenvalue weighted by Crippen LogP contribution is -2.14. The van der Waals surface area contributed by atoms with E-state index in [4.69, 9.17) is 11.6 Å². The van der Waals surface area contributed by atoms with Crippen LogP contribution in [0.2, 0.25) is 5.02 Å². The zero-order valence-electron chi connectivity index (χ0n) is 13.8. The molecule has 0 saturated heterocycles. The highest BCUT2D eigenvalue weighted by Crippen LogP contribution is 2.19. The standard InChI is InChI=1S/C18H17ClN4O2/c1-11-17(21-22-23(11)16-8-4-6-14(19)10-16)18(25)20-15-7-3-5-13(9-15)12(2)24/h3-10,12,24H,1-2H3,(H,20,25). The van der Waals surface area contributed by atoms with Crippen LogP contribution in [0.3, 0.4) is 0 Å². The summed E-state index contributed by atoms with van der Waals surface area (Å²) in [5.74, 6) is -0.367. The fourth-order valence-corrected chi connectivity index (χ4v) is 2.64. The Balaban J connectivity index is 1.85. The smallest absolute Gasteiger partial charge is 0.278 e. The van der Waals surface area contributed by atoms with Crippen molar-refractivity contribution >= 4 is 23.2 Å². The fraction of sp³-hybridized carbons (Fsp3) is 0.167. The molecule has 128 valence electrons. The summed E-state index contributed by atoms with van der Waals surface area (Å²) in [6.07, 6.45) is -0.609.